The van der Waals surface area contributed by atoms with Crippen molar-refractivity contribution in [3.8, 4) is 0 Å². The van der Waals surface area contributed by atoms with Crippen molar-refractivity contribution in [3.63, 3.8) is 0 Å². The number of ether oxygens (including phenoxy) is 1. The number of H-pyrrole nitrogens is 1. The zero-order chi connectivity index (χ0) is 18.2. The highest BCUT2D eigenvalue weighted by Gasteiger charge is 2.20. The molecule has 1 heterocycles. The number of nitrogens with one attached hydrogen (secondary N) is 2. The number of hydrogen-bond acceptors (Lipinski definition) is 3. The zero-order valence-electron chi connectivity index (χ0n) is 14.3. The summed E-state index contributed by atoms with van der Waals surface area (Å²) < 4.78 is 18.7. The van der Waals surface area contributed by atoms with Crippen LogP contribution in [0.15, 0.2) is 22.8 Å². The van der Waals surface area contributed by atoms with Gasteiger partial charge >= 0.3 is 0 Å². The number of benzene rings is 1. The van der Waals surface area contributed by atoms with Crippen LogP contribution in [0.3, 0.4) is 0 Å². The Kier molecular flexibility index (Phi) is 7.87. The van der Waals surface area contributed by atoms with Gasteiger partial charge in [0.15, 0.2) is 5.82 Å². The highest BCUT2D eigenvalue weighted by molar-refractivity contribution is 9.10. The fraction of sp³-hybridized carbons (Fsp3) is 0.500. The number of carbonyl (C=O) groups excluding carboxylic acids is 1. The van der Waals surface area contributed by atoms with Crippen molar-refractivity contribution < 1.29 is 19.0 Å². The highest BCUT2D eigenvalue weighted by Crippen LogP contribution is 2.28. The number of amides is 1. The Morgan fingerprint density at radius 2 is 2.16 bits per heavy atom. The molecule has 0 saturated heterocycles. The molecule has 1 aliphatic carbocycles. The number of hydrogen-bond donors (Lipinski definition) is 3. The first-order chi connectivity index (χ1) is 12.1. The van der Waals surface area contributed by atoms with Gasteiger partial charge in [0.05, 0.1) is 28.8 Å². The molecule has 2 aromatic rings. The summed E-state index contributed by atoms with van der Waals surface area (Å²) >= 11 is 3.17. The molecule has 1 aliphatic rings. The van der Waals surface area contributed by atoms with Crippen molar-refractivity contribution in [1.29, 1.82) is 0 Å². The number of aliphatic hydroxyl groups is 1. The lowest BCUT2D eigenvalue weighted by atomic mass is 9.95. The maximum absolute atomic E-state index is 13.9. The van der Waals surface area contributed by atoms with Crippen molar-refractivity contribution >= 4 is 32.7 Å². The Morgan fingerprint density at radius 1 is 1.44 bits per heavy atom. The van der Waals surface area contributed by atoms with Gasteiger partial charge in [0.1, 0.15) is 0 Å². The number of halogens is 2. The summed E-state index contributed by atoms with van der Waals surface area (Å²) in [7, 11) is 1.55. The van der Waals surface area contributed by atoms with Crippen LogP contribution >= 0.6 is 15.9 Å². The topological polar surface area (TPSA) is 74.3 Å². The first-order valence-corrected chi connectivity index (χ1v) is 9.23. The van der Waals surface area contributed by atoms with Crippen LogP contribution in [0.4, 0.5) is 4.39 Å². The van der Waals surface area contributed by atoms with Crippen LogP contribution in [0.25, 0.3) is 10.9 Å². The lowest BCUT2D eigenvalue weighted by molar-refractivity contribution is 0.0929. The molecule has 3 N–H and O–H groups in total. The van der Waals surface area contributed by atoms with E-state index >= 15 is 0 Å². The van der Waals surface area contributed by atoms with E-state index in [1.807, 2.05) is 0 Å². The van der Waals surface area contributed by atoms with Crippen LogP contribution in [-0.2, 0) is 4.74 Å². The maximum atomic E-state index is 13.9. The molecule has 5 nitrogen and oxygen atoms in total. The molecular formula is C18H24BrFN2O3. The van der Waals surface area contributed by atoms with Gasteiger partial charge in [-0.25, -0.2) is 4.39 Å². The number of fused-ring (bicyclic) bond motifs is 1. The van der Waals surface area contributed by atoms with Crippen LogP contribution in [0.1, 0.15) is 42.5 Å². The second-order valence-corrected chi connectivity index (χ2v) is 6.87. The zero-order valence-corrected chi connectivity index (χ0v) is 15.9. The van der Waals surface area contributed by atoms with Gasteiger partial charge in [0.25, 0.3) is 5.91 Å². The largest absolute Gasteiger partial charge is 0.394 e. The summed E-state index contributed by atoms with van der Waals surface area (Å²) in [5.41, 5.74) is 0.883. The number of aromatic amines is 1. The normalized spacial score (nSPS) is 14.9. The van der Waals surface area contributed by atoms with E-state index in [2.05, 4.69) is 31.0 Å². The van der Waals surface area contributed by atoms with Crippen molar-refractivity contribution in [2.75, 3.05) is 20.3 Å². The monoisotopic (exact) mass is 414 g/mol. The average molecular weight is 415 g/mol. The minimum Gasteiger partial charge on any atom is -0.394 e. The predicted molar refractivity (Wildman–Crippen MR) is 99.3 cm³/mol. The van der Waals surface area contributed by atoms with Gasteiger partial charge in [-0.3, -0.25) is 4.79 Å². The molecule has 1 aromatic carbocycles. The molecule has 0 atom stereocenters. The van der Waals surface area contributed by atoms with Crippen molar-refractivity contribution in [2.45, 2.75) is 38.1 Å². The molecule has 138 valence electrons. The van der Waals surface area contributed by atoms with Crippen molar-refractivity contribution in [1.82, 2.24) is 10.3 Å². The third kappa shape index (κ3) is 5.26. The Morgan fingerprint density at radius 3 is 2.76 bits per heavy atom. The summed E-state index contributed by atoms with van der Waals surface area (Å²) in [4.78, 5) is 15.3. The van der Waals surface area contributed by atoms with Crippen molar-refractivity contribution in [2.24, 2.45) is 0 Å². The van der Waals surface area contributed by atoms with E-state index in [4.69, 9.17) is 5.11 Å². The Bertz CT molecular complexity index is 697. The van der Waals surface area contributed by atoms with E-state index in [0.29, 0.717) is 27.5 Å². The molecular weight excluding hydrogens is 391 g/mol. The standard InChI is InChI=1S/C15H16BrFN2O.C3H8O2/c16-12-8-11(10-6-7-18-14(10)13(12)17)15(20)19-9-4-2-1-3-5-9;1-5-3-2-4/h6-9,18H,1-5H2,(H,19,20);4H,2-3H2,1H3. The fourth-order valence-corrected chi connectivity index (χ4v) is 3.38. The molecule has 0 aliphatic heterocycles. The summed E-state index contributed by atoms with van der Waals surface area (Å²) in [6, 6.07) is 3.54. The number of aromatic nitrogens is 1. The lowest BCUT2D eigenvalue weighted by Gasteiger charge is -2.23. The van der Waals surface area contributed by atoms with Crippen LogP contribution in [-0.4, -0.2) is 42.4 Å². The van der Waals surface area contributed by atoms with Gasteiger partial charge in [0, 0.05) is 24.7 Å². The van der Waals surface area contributed by atoms with Gasteiger partial charge in [-0.1, -0.05) is 19.3 Å². The highest BCUT2D eigenvalue weighted by atomic mass is 79.9. The van der Waals surface area contributed by atoms with Gasteiger partial charge in [0.2, 0.25) is 0 Å². The third-order valence-corrected chi connectivity index (χ3v) is 4.79. The first-order valence-electron chi connectivity index (χ1n) is 8.44. The first kappa shape index (κ1) is 19.9. The Balaban J connectivity index is 0.000000399. The van der Waals surface area contributed by atoms with Crippen molar-refractivity contribution in [3.05, 3.63) is 34.2 Å². The lowest BCUT2D eigenvalue weighted by Crippen LogP contribution is -2.36. The molecule has 1 amide bonds. The minimum atomic E-state index is -0.362. The van der Waals surface area contributed by atoms with Crippen LogP contribution in [0.2, 0.25) is 0 Å². The van der Waals surface area contributed by atoms with Crippen LogP contribution in [0.5, 0.6) is 0 Å². The molecule has 1 aromatic heterocycles. The Hall–Kier alpha value is -1.44. The SMILES string of the molecule is COCCO.O=C(NC1CCCCC1)c1cc(Br)c(F)c2[nH]ccc12. The van der Waals surface area contributed by atoms with E-state index in [1.54, 1.807) is 25.4 Å². The van der Waals surface area contributed by atoms with Gasteiger partial charge in [-0.15, -0.1) is 0 Å². The molecule has 7 heteroatoms. The molecule has 0 unspecified atom stereocenters. The molecule has 1 saturated carbocycles. The number of aliphatic hydroxyl groups excluding tert-OH is 1. The summed E-state index contributed by atoms with van der Waals surface area (Å²) in [5, 5.41) is 11.6. The second kappa shape index (κ2) is 9.89. The number of carbonyl (C=O) groups is 1. The summed E-state index contributed by atoms with van der Waals surface area (Å²) in [5.74, 6) is -0.485. The molecule has 0 bridgehead atoms. The minimum absolute atomic E-state index is 0.122. The summed E-state index contributed by atoms with van der Waals surface area (Å²) in [6.45, 7) is 0.566. The molecule has 0 spiro atoms. The van der Waals surface area contributed by atoms with Gasteiger partial charge < -0.3 is 20.1 Å². The van der Waals surface area contributed by atoms with E-state index in [1.165, 1.54) is 6.42 Å². The van der Waals surface area contributed by atoms with E-state index in [-0.39, 0.29) is 24.4 Å². The van der Waals surface area contributed by atoms with Crippen LogP contribution in [0, 0.1) is 5.82 Å². The molecule has 1 fully saturated rings. The predicted octanol–water partition coefficient (Wildman–Crippen LogP) is 3.76. The van der Waals surface area contributed by atoms with E-state index in [0.717, 1.165) is 25.7 Å². The molecule has 0 radical (unpaired) electrons. The Labute approximate surface area is 155 Å². The van der Waals surface area contributed by atoms with Gasteiger partial charge in [-0.2, -0.15) is 0 Å². The molecule has 25 heavy (non-hydrogen) atoms. The van der Waals surface area contributed by atoms with Crippen LogP contribution < -0.4 is 5.32 Å². The smallest absolute Gasteiger partial charge is 0.252 e. The van der Waals surface area contributed by atoms with E-state index < -0.39 is 0 Å². The fourth-order valence-electron chi connectivity index (χ4n) is 2.95. The summed E-state index contributed by atoms with van der Waals surface area (Å²) in [6.07, 6.45) is 7.29. The maximum Gasteiger partial charge on any atom is 0.252 e. The van der Waals surface area contributed by atoms with Gasteiger partial charge in [-0.05, 0) is 40.9 Å². The quantitative estimate of drug-likeness (QED) is 0.712. The average Bonchev–Trinajstić information content (AvgIpc) is 3.10. The number of rotatable bonds is 4. The molecule has 3 rings (SSSR count). The number of methoxy groups -OCH3 is 1. The third-order valence-electron chi connectivity index (χ3n) is 4.22. The second-order valence-electron chi connectivity index (χ2n) is 6.01. The van der Waals surface area contributed by atoms with E-state index in [9.17, 15) is 9.18 Å².